The minimum absolute atomic E-state index is 0.115. The van der Waals surface area contributed by atoms with E-state index in [1.54, 1.807) is 41.7 Å². The van der Waals surface area contributed by atoms with Crippen molar-refractivity contribution >= 4 is 5.91 Å². The molecule has 1 N–H and O–H groups in total. The standard InChI is InChI=1S/C20H19FN4O/c21-17-6-2-1-5-15(17)20(26)25-12-4-3-7-18(25)19-16(13-23-24-19)14-8-10-22-11-9-14/h1-2,5-6,8-11,13,18H,3-4,7,12H2,(H,23,24)/t18-/m1/s1. The van der Waals surface area contributed by atoms with Crippen molar-refractivity contribution in [1.29, 1.82) is 0 Å². The summed E-state index contributed by atoms with van der Waals surface area (Å²) in [4.78, 5) is 18.8. The fourth-order valence-corrected chi connectivity index (χ4v) is 3.58. The summed E-state index contributed by atoms with van der Waals surface area (Å²) in [5.41, 5.74) is 2.95. The summed E-state index contributed by atoms with van der Waals surface area (Å²) in [5, 5.41) is 7.27. The summed E-state index contributed by atoms with van der Waals surface area (Å²) in [5.74, 6) is -0.760. The number of amides is 1. The van der Waals surface area contributed by atoms with Gasteiger partial charge in [0, 0.05) is 24.5 Å². The number of aromatic nitrogens is 3. The number of hydrogen-bond donors (Lipinski definition) is 1. The molecule has 1 aromatic carbocycles. The molecule has 1 aliphatic rings. The van der Waals surface area contributed by atoms with Gasteiger partial charge in [0.1, 0.15) is 5.82 Å². The molecule has 132 valence electrons. The Bertz CT molecular complexity index is 909. The van der Waals surface area contributed by atoms with Gasteiger partial charge in [-0.1, -0.05) is 12.1 Å². The van der Waals surface area contributed by atoms with Crippen LogP contribution in [0, 0.1) is 5.82 Å². The van der Waals surface area contributed by atoms with E-state index in [0.29, 0.717) is 6.54 Å². The smallest absolute Gasteiger partial charge is 0.257 e. The highest BCUT2D eigenvalue weighted by atomic mass is 19.1. The van der Waals surface area contributed by atoms with Crippen molar-refractivity contribution in [3.8, 4) is 11.1 Å². The Morgan fingerprint density at radius 1 is 1.15 bits per heavy atom. The molecule has 0 radical (unpaired) electrons. The van der Waals surface area contributed by atoms with Gasteiger partial charge >= 0.3 is 0 Å². The van der Waals surface area contributed by atoms with Gasteiger partial charge in [-0.3, -0.25) is 14.9 Å². The van der Waals surface area contributed by atoms with Gasteiger partial charge in [0.2, 0.25) is 0 Å². The molecular formula is C20H19FN4O. The quantitative estimate of drug-likeness (QED) is 0.777. The maximum atomic E-state index is 14.1. The summed E-state index contributed by atoms with van der Waals surface area (Å²) < 4.78 is 14.1. The minimum atomic E-state index is -0.485. The molecule has 0 aliphatic carbocycles. The highest BCUT2D eigenvalue weighted by Gasteiger charge is 2.32. The van der Waals surface area contributed by atoms with E-state index >= 15 is 0 Å². The zero-order chi connectivity index (χ0) is 17.9. The van der Waals surface area contributed by atoms with Crippen LogP contribution in [0.4, 0.5) is 4.39 Å². The van der Waals surface area contributed by atoms with Crippen molar-refractivity contribution < 1.29 is 9.18 Å². The number of rotatable bonds is 3. The largest absolute Gasteiger partial charge is 0.330 e. The second kappa shape index (κ2) is 7.07. The van der Waals surface area contributed by atoms with Gasteiger partial charge in [-0.05, 0) is 49.1 Å². The highest BCUT2D eigenvalue weighted by molar-refractivity contribution is 5.95. The predicted molar refractivity (Wildman–Crippen MR) is 95.8 cm³/mol. The molecule has 1 amide bonds. The van der Waals surface area contributed by atoms with Crippen LogP contribution in [0.1, 0.15) is 41.4 Å². The lowest BCUT2D eigenvalue weighted by atomic mass is 9.94. The van der Waals surface area contributed by atoms with Crippen molar-refractivity contribution in [1.82, 2.24) is 20.1 Å². The van der Waals surface area contributed by atoms with Gasteiger partial charge in [0.05, 0.1) is 23.5 Å². The summed E-state index contributed by atoms with van der Waals surface area (Å²) in [7, 11) is 0. The first-order valence-corrected chi connectivity index (χ1v) is 8.75. The normalized spacial score (nSPS) is 17.3. The molecule has 0 bridgehead atoms. The lowest BCUT2D eigenvalue weighted by molar-refractivity contribution is 0.0602. The highest BCUT2D eigenvalue weighted by Crippen LogP contribution is 2.36. The van der Waals surface area contributed by atoms with E-state index in [9.17, 15) is 9.18 Å². The number of carbonyl (C=O) groups is 1. The SMILES string of the molecule is O=C(c1ccccc1F)N1CCCC[C@@H]1c1[nH]ncc1-c1ccncc1. The summed E-state index contributed by atoms with van der Waals surface area (Å²) in [6.07, 6.45) is 7.98. The van der Waals surface area contributed by atoms with E-state index in [0.717, 1.165) is 36.1 Å². The number of pyridine rings is 1. The summed E-state index contributed by atoms with van der Waals surface area (Å²) >= 11 is 0. The lowest BCUT2D eigenvalue weighted by Crippen LogP contribution is -2.39. The molecule has 1 aliphatic heterocycles. The van der Waals surface area contributed by atoms with Crippen LogP contribution in [0.2, 0.25) is 0 Å². The van der Waals surface area contributed by atoms with Crippen molar-refractivity contribution in [2.24, 2.45) is 0 Å². The topological polar surface area (TPSA) is 61.9 Å². The van der Waals surface area contributed by atoms with Gasteiger partial charge in [-0.2, -0.15) is 5.10 Å². The number of halogens is 1. The molecule has 3 aromatic rings. The van der Waals surface area contributed by atoms with Gasteiger partial charge in [0.25, 0.3) is 5.91 Å². The number of H-pyrrole nitrogens is 1. The Morgan fingerprint density at radius 3 is 2.77 bits per heavy atom. The molecule has 4 rings (SSSR count). The summed E-state index contributed by atoms with van der Waals surface area (Å²) in [6.45, 7) is 0.604. The molecule has 1 fully saturated rings. The molecule has 1 saturated heterocycles. The first-order valence-electron chi connectivity index (χ1n) is 8.75. The zero-order valence-electron chi connectivity index (χ0n) is 14.2. The van der Waals surface area contributed by atoms with Crippen LogP contribution in [0.25, 0.3) is 11.1 Å². The van der Waals surface area contributed by atoms with Crippen LogP contribution in [0.15, 0.2) is 55.0 Å². The maximum Gasteiger partial charge on any atom is 0.257 e. The first-order chi connectivity index (χ1) is 12.8. The minimum Gasteiger partial charge on any atom is -0.330 e. The second-order valence-corrected chi connectivity index (χ2v) is 6.42. The lowest BCUT2D eigenvalue weighted by Gasteiger charge is -2.35. The van der Waals surface area contributed by atoms with Gasteiger partial charge < -0.3 is 4.90 Å². The molecule has 3 heterocycles. The monoisotopic (exact) mass is 350 g/mol. The van der Waals surface area contributed by atoms with Crippen molar-refractivity contribution in [3.05, 3.63) is 72.1 Å². The Kier molecular flexibility index (Phi) is 4.48. The Labute approximate surface area is 150 Å². The Morgan fingerprint density at radius 2 is 1.96 bits per heavy atom. The average Bonchev–Trinajstić information content (AvgIpc) is 3.18. The van der Waals surface area contributed by atoms with Crippen LogP contribution in [0.5, 0.6) is 0 Å². The van der Waals surface area contributed by atoms with E-state index < -0.39 is 5.82 Å². The first kappa shape index (κ1) is 16.4. The van der Waals surface area contributed by atoms with E-state index in [2.05, 4.69) is 15.2 Å². The molecule has 5 nitrogen and oxygen atoms in total. The fraction of sp³-hybridized carbons (Fsp3) is 0.250. The van der Waals surface area contributed by atoms with Crippen LogP contribution in [0.3, 0.4) is 0 Å². The van der Waals surface area contributed by atoms with Crippen LogP contribution in [-0.2, 0) is 0 Å². The molecule has 1 atom stereocenters. The Hall–Kier alpha value is -3.02. The van der Waals surface area contributed by atoms with Gasteiger partial charge in [-0.15, -0.1) is 0 Å². The van der Waals surface area contributed by atoms with E-state index in [1.165, 1.54) is 6.07 Å². The third-order valence-corrected chi connectivity index (χ3v) is 4.86. The third kappa shape index (κ3) is 2.98. The van der Waals surface area contributed by atoms with E-state index in [4.69, 9.17) is 0 Å². The van der Waals surface area contributed by atoms with Gasteiger partial charge in [0.15, 0.2) is 0 Å². The van der Waals surface area contributed by atoms with Gasteiger partial charge in [-0.25, -0.2) is 4.39 Å². The number of carbonyl (C=O) groups excluding carboxylic acids is 1. The number of likely N-dealkylation sites (tertiary alicyclic amines) is 1. The number of hydrogen-bond acceptors (Lipinski definition) is 3. The zero-order valence-corrected chi connectivity index (χ0v) is 14.2. The maximum absolute atomic E-state index is 14.1. The number of nitrogens with one attached hydrogen (secondary N) is 1. The average molecular weight is 350 g/mol. The van der Waals surface area contributed by atoms with Crippen LogP contribution >= 0.6 is 0 Å². The van der Waals surface area contributed by atoms with E-state index in [1.807, 2.05) is 12.1 Å². The molecule has 2 aromatic heterocycles. The van der Waals surface area contributed by atoms with E-state index in [-0.39, 0.29) is 17.5 Å². The molecule has 6 heteroatoms. The molecular weight excluding hydrogens is 331 g/mol. The van der Waals surface area contributed by atoms with Crippen molar-refractivity contribution in [2.75, 3.05) is 6.54 Å². The van der Waals surface area contributed by atoms with Crippen LogP contribution < -0.4 is 0 Å². The van der Waals surface area contributed by atoms with Crippen molar-refractivity contribution in [2.45, 2.75) is 25.3 Å². The number of aromatic amines is 1. The summed E-state index contributed by atoms with van der Waals surface area (Å²) in [6, 6.07) is 9.83. The number of benzene rings is 1. The predicted octanol–water partition coefficient (Wildman–Crippen LogP) is 3.98. The number of nitrogens with zero attached hydrogens (tertiary/aromatic N) is 3. The molecule has 0 unspecified atom stereocenters. The second-order valence-electron chi connectivity index (χ2n) is 6.42. The Balaban J connectivity index is 1.71. The molecule has 26 heavy (non-hydrogen) atoms. The fourth-order valence-electron chi connectivity index (χ4n) is 3.58. The third-order valence-electron chi connectivity index (χ3n) is 4.86. The number of piperidine rings is 1. The molecule has 0 saturated carbocycles. The van der Waals surface area contributed by atoms with Crippen LogP contribution in [-0.4, -0.2) is 32.5 Å². The molecule has 0 spiro atoms. The van der Waals surface area contributed by atoms with Crippen molar-refractivity contribution in [3.63, 3.8) is 0 Å².